The molecule has 0 aromatic carbocycles. The van der Waals surface area contributed by atoms with Crippen molar-refractivity contribution in [2.24, 2.45) is 11.7 Å². The van der Waals surface area contributed by atoms with Gasteiger partial charge in [-0.25, -0.2) is 0 Å². The predicted molar refractivity (Wildman–Crippen MR) is 90.7 cm³/mol. The van der Waals surface area contributed by atoms with Gasteiger partial charge >= 0.3 is 0 Å². The van der Waals surface area contributed by atoms with Gasteiger partial charge in [0.05, 0.1) is 5.60 Å². The fourth-order valence-electron chi connectivity index (χ4n) is 3.91. The van der Waals surface area contributed by atoms with E-state index in [-0.39, 0.29) is 5.60 Å². The van der Waals surface area contributed by atoms with Crippen LogP contribution >= 0.6 is 23.5 Å². The van der Waals surface area contributed by atoms with Crippen LogP contribution in [0.5, 0.6) is 0 Å². The summed E-state index contributed by atoms with van der Waals surface area (Å²) in [6.45, 7) is 0.938. The standard InChI is InChI=1S/C16H29NOS2/c17-15(11-20-14-4-2-1-3-5-14)13-6-8-18-16(10-13)7-9-19-12-16/h13-15H,1-12,17H2. The van der Waals surface area contributed by atoms with E-state index in [1.807, 2.05) is 0 Å². The molecule has 1 spiro atoms. The van der Waals surface area contributed by atoms with Crippen molar-refractivity contribution in [3.05, 3.63) is 0 Å². The van der Waals surface area contributed by atoms with E-state index in [1.165, 1.54) is 68.6 Å². The molecule has 2 aliphatic heterocycles. The first-order valence-corrected chi connectivity index (χ1v) is 10.6. The van der Waals surface area contributed by atoms with Crippen LogP contribution in [0.3, 0.4) is 0 Å². The predicted octanol–water partition coefficient (Wildman–Crippen LogP) is 3.68. The molecule has 3 rings (SSSR count). The number of ether oxygens (including phenoxy) is 1. The van der Waals surface area contributed by atoms with Crippen LogP contribution in [0.2, 0.25) is 0 Å². The summed E-state index contributed by atoms with van der Waals surface area (Å²) in [6, 6.07) is 0.383. The Hall–Kier alpha value is 0.620. The van der Waals surface area contributed by atoms with Crippen molar-refractivity contribution < 1.29 is 4.74 Å². The maximum absolute atomic E-state index is 6.53. The van der Waals surface area contributed by atoms with Crippen LogP contribution in [0.1, 0.15) is 51.4 Å². The molecule has 3 atom stereocenters. The molecule has 2 saturated heterocycles. The smallest absolute Gasteiger partial charge is 0.0783 e. The average molecular weight is 316 g/mol. The fourth-order valence-corrected chi connectivity index (χ4v) is 6.72. The normalized spacial score (nSPS) is 37.4. The Kier molecular flexibility index (Phi) is 5.63. The van der Waals surface area contributed by atoms with E-state index in [1.54, 1.807) is 0 Å². The van der Waals surface area contributed by atoms with Crippen molar-refractivity contribution in [1.82, 2.24) is 0 Å². The maximum Gasteiger partial charge on any atom is 0.0783 e. The average Bonchev–Trinajstić information content (AvgIpc) is 2.93. The highest BCUT2D eigenvalue weighted by atomic mass is 32.2. The van der Waals surface area contributed by atoms with Gasteiger partial charge in [-0.05, 0) is 43.8 Å². The van der Waals surface area contributed by atoms with Crippen LogP contribution in [0.15, 0.2) is 0 Å². The third-order valence-corrected chi connectivity index (χ3v) is 8.02. The zero-order valence-corrected chi connectivity index (χ0v) is 14.2. The lowest BCUT2D eigenvalue weighted by Crippen LogP contribution is -2.46. The Morgan fingerprint density at radius 2 is 2.10 bits per heavy atom. The van der Waals surface area contributed by atoms with E-state index >= 15 is 0 Å². The Morgan fingerprint density at radius 3 is 2.85 bits per heavy atom. The first kappa shape index (κ1) is 15.5. The van der Waals surface area contributed by atoms with Gasteiger partial charge < -0.3 is 10.5 Å². The zero-order chi connectivity index (χ0) is 13.8. The molecule has 3 fully saturated rings. The minimum atomic E-state index is 0.195. The SMILES string of the molecule is NC(CSC1CCCCC1)C1CCOC2(CCSC2)C1. The second-order valence-corrected chi connectivity index (χ2v) is 9.28. The van der Waals surface area contributed by atoms with E-state index in [0.29, 0.717) is 12.0 Å². The van der Waals surface area contributed by atoms with E-state index in [4.69, 9.17) is 10.5 Å². The van der Waals surface area contributed by atoms with Gasteiger partial charge in [-0.3, -0.25) is 0 Å². The molecule has 2 nitrogen and oxygen atoms in total. The van der Waals surface area contributed by atoms with Crippen LogP contribution < -0.4 is 5.73 Å². The summed E-state index contributed by atoms with van der Waals surface area (Å²) >= 11 is 4.22. The Morgan fingerprint density at radius 1 is 1.25 bits per heavy atom. The highest BCUT2D eigenvalue weighted by molar-refractivity contribution is 8.00. The molecule has 1 aliphatic carbocycles. The Labute approximate surface area is 132 Å². The number of nitrogens with two attached hydrogens (primary N) is 1. The molecule has 1 saturated carbocycles. The number of rotatable bonds is 4. The van der Waals surface area contributed by atoms with Crippen molar-refractivity contribution in [2.45, 2.75) is 68.3 Å². The van der Waals surface area contributed by atoms with Gasteiger partial charge in [0.25, 0.3) is 0 Å². The number of thioether (sulfide) groups is 2. The van der Waals surface area contributed by atoms with Crippen LogP contribution in [-0.2, 0) is 4.74 Å². The number of hydrogen-bond acceptors (Lipinski definition) is 4. The van der Waals surface area contributed by atoms with Crippen molar-refractivity contribution in [3.8, 4) is 0 Å². The second kappa shape index (κ2) is 7.26. The molecular formula is C16H29NOS2. The van der Waals surface area contributed by atoms with Crippen molar-refractivity contribution >= 4 is 23.5 Å². The summed E-state index contributed by atoms with van der Waals surface area (Å²) in [6.07, 6.45) is 10.8. The molecule has 2 N–H and O–H groups in total. The summed E-state index contributed by atoms with van der Waals surface area (Å²) in [7, 11) is 0. The van der Waals surface area contributed by atoms with Crippen LogP contribution in [0.25, 0.3) is 0 Å². The maximum atomic E-state index is 6.53. The fraction of sp³-hybridized carbons (Fsp3) is 1.00. The van der Waals surface area contributed by atoms with Gasteiger partial charge in [0.1, 0.15) is 0 Å². The minimum Gasteiger partial charge on any atom is -0.374 e. The van der Waals surface area contributed by atoms with Crippen LogP contribution in [-0.4, -0.2) is 40.8 Å². The van der Waals surface area contributed by atoms with E-state index in [9.17, 15) is 0 Å². The van der Waals surface area contributed by atoms with Crippen LogP contribution in [0.4, 0.5) is 0 Å². The summed E-state index contributed by atoms with van der Waals surface area (Å²) in [5, 5.41) is 0.894. The van der Waals surface area contributed by atoms with E-state index < -0.39 is 0 Å². The van der Waals surface area contributed by atoms with Crippen LogP contribution in [0, 0.1) is 5.92 Å². The third kappa shape index (κ3) is 3.88. The Bertz CT molecular complexity index is 301. The quantitative estimate of drug-likeness (QED) is 0.858. The van der Waals surface area contributed by atoms with Gasteiger partial charge in [-0.15, -0.1) is 0 Å². The van der Waals surface area contributed by atoms with Gasteiger partial charge in [0.15, 0.2) is 0 Å². The first-order valence-electron chi connectivity index (χ1n) is 8.36. The molecule has 2 heterocycles. The molecule has 0 aromatic rings. The molecular weight excluding hydrogens is 286 g/mol. The Balaban J connectivity index is 1.45. The highest BCUT2D eigenvalue weighted by Gasteiger charge is 2.41. The molecule has 0 amide bonds. The number of hydrogen-bond donors (Lipinski definition) is 1. The summed E-state index contributed by atoms with van der Waals surface area (Å²) in [5.74, 6) is 4.34. The van der Waals surface area contributed by atoms with Crippen molar-refractivity contribution in [1.29, 1.82) is 0 Å². The monoisotopic (exact) mass is 315 g/mol. The van der Waals surface area contributed by atoms with Gasteiger partial charge in [0, 0.05) is 29.4 Å². The summed E-state index contributed by atoms with van der Waals surface area (Å²) < 4.78 is 6.12. The molecule has 116 valence electrons. The van der Waals surface area contributed by atoms with Gasteiger partial charge in [-0.1, -0.05) is 19.3 Å². The highest BCUT2D eigenvalue weighted by Crippen LogP contribution is 2.41. The molecule has 4 heteroatoms. The lowest BCUT2D eigenvalue weighted by atomic mass is 9.82. The molecule has 3 unspecified atom stereocenters. The molecule has 3 aliphatic rings. The summed E-state index contributed by atoms with van der Waals surface area (Å²) in [4.78, 5) is 0. The van der Waals surface area contributed by atoms with Crippen molar-refractivity contribution in [2.75, 3.05) is 23.9 Å². The van der Waals surface area contributed by atoms with E-state index in [2.05, 4.69) is 23.5 Å². The van der Waals surface area contributed by atoms with Crippen molar-refractivity contribution in [3.63, 3.8) is 0 Å². The first-order chi connectivity index (χ1) is 9.77. The van der Waals surface area contributed by atoms with Gasteiger partial charge in [-0.2, -0.15) is 23.5 Å². The molecule has 0 aromatic heterocycles. The third-order valence-electron chi connectivity index (χ3n) is 5.28. The second-order valence-electron chi connectivity index (χ2n) is 6.84. The summed E-state index contributed by atoms with van der Waals surface area (Å²) in [5.41, 5.74) is 6.73. The lowest BCUT2D eigenvalue weighted by Gasteiger charge is -2.40. The minimum absolute atomic E-state index is 0.195. The molecule has 20 heavy (non-hydrogen) atoms. The molecule has 0 bridgehead atoms. The molecule has 0 radical (unpaired) electrons. The lowest BCUT2D eigenvalue weighted by molar-refractivity contribution is -0.0820. The van der Waals surface area contributed by atoms with Gasteiger partial charge in [0.2, 0.25) is 0 Å². The topological polar surface area (TPSA) is 35.2 Å². The zero-order valence-electron chi connectivity index (χ0n) is 12.5. The van der Waals surface area contributed by atoms with E-state index in [0.717, 1.165) is 11.9 Å². The largest absolute Gasteiger partial charge is 0.374 e.